The Morgan fingerprint density at radius 2 is 1.74 bits per heavy atom. The molecule has 0 atom stereocenters. The van der Waals surface area contributed by atoms with Crippen LogP contribution in [-0.2, 0) is 9.36 Å². The summed E-state index contributed by atoms with van der Waals surface area (Å²) in [5, 5.41) is 9.67. The molecule has 2 aromatic heterocycles. The standard InChI is InChI=1S/C41H48BrN10O5P/c1-26-23-33(47-40-45-25-30(42)39(49-40)46-32-12-11-31-37(44-17-16-43-31)38(32)58(4,5)55)35(56-3)24-34(26)51-19-13-27(14-20-51)50(2)18-6-22-57-29-9-7-28(8-10-29)52-21-15-36(53)48-41(52)54/h7-12,16-17,23-25,27H,6,13-15,18-22H2,1-5H3,(H,48,53,54)(H2,45,46,47,49). The number of imide groups is 1. The number of piperidine rings is 1. The van der Waals surface area contributed by atoms with Crippen LogP contribution in [0.25, 0.3) is 11.0 Å². The predicted octanol–water partition coefficient (Wildman–Crippen LogP) is 7.05. The second-order valence-electron chi connectivity index (χ2n) is 14.9. The second kappa shape index (κ2) is 17.7. The Labute approximate surface area is 346 Å². The molecular formula is C41H48BrN10O5P. The highest BCUT2D eigenvalue weighted by molar-refractivity contribution is 9.10. The number of hydrogen-bond acceptors (Lipinski definition) is 13. The Morgan fingerprint density at radius 1 is 0.983 bits per heavy atom. The number of carbonyl (C=O) groups is 2. The third-order valence-corrected chi connectivity index (χ3v) is 12.6. The molecular weight excluding hydrogens is 823 g/mol. The van der Waals surface area contributed by atoms with Gasteiger partial charge in [-0.15, -0.1) is 0 Å². The number of fused-ring (bicyclic) bond motifs is 1. The van der Waals surface area contributed by atoms with E-state index in [1.807, 2.05) is 36.4 Å². The zero-order valence-electron chi connectivity index (χ0n) is 33.3. The van der Waals surface area contributed by atoms with E-state index in [2.05, 4.69) is 82.7 Å². The summed E-state index contributed by atoms with van der Waals surface area (Å²) in [5.41, 5.74) is 5.62. The van der Waals surface area contributed by atoms with Crippen LogP contribution in [0.5, 0.6) is 11.5 Å². The number of halogens is 1. The van der Waals surface area contributed by atoms with E-state index in [-0.39, 0.29) is 5.91 Å². The van der Waals surface area contributed by atoms with E-state index >= 15 is 0 Å². The van der Waals surface area contributed by atoms with Crippen LogP contribution >= 0.6 is 23.1 Å². The summed E-state index contributed by atoms with van der Waals surface area (Å²) in [6.45, 7) is 9.27. The van der Waals surface area contributed by atoms with E-state index in [0.29, 0.717) is 69.6 Å². The first-order valence-electron chi connectivity index (χ1n) is 19.2. The summed E-state index contributed by atoms with van der Waals surface area (Å²) in [7, 11) is 1.08. The first-order valence-corrected chi connectivity index (χ1v) is 22.6. The van der Waals surface area contributed by atoms with Crippen molar-refractivity contribution in [2.75, 3.05) is 80.7 Å². The van der Waals surface area contributed by atoms with E-state index in [1.165, 1.54) is 0 Å². The van der Waals surface area contributed by atoms with Gasteiger partial charge in [-0.05, 0) is 111 Å². The van der Waals surface area contributed by atoms with Crippen molar-refractivity contribution in [3.63, 3.8) is 0 Å². The minimum atomic E-state index is -2.77. The number of aryl methyl sites for hydroxylation is 1. The predicted molar refractivity (Wildman–Crippen MR) is 233 cm³/mol. The van der Waals surface area contributed by atoms with Crippen LogP contribution in [0.1, 0.15) is 31.2 Å². The van der Waals surface area contributed by atoms with Crippen LogP contribution in [0, 0.1) is 6.92 Å². The van der Waals surface area contributed by atoms with Gasteiger partial charge in [0.15, 0.2) is 0 Å². The Morgan fingerprint density at radius 3 is 2.47 bits per heavy atom. The van der Waals surface area contributed by atoms with Gasteiger partial charge in [0.05, 0.1) is 40.4 Å². The van der Waals surface area contributed by atoms with Crippen molar-refractivity contribution in [1.82, 2.24) is 30.2 Å². The van der Waals surface area contributed by atoms with Crippen LogP contribution in [0.15, 0.2) is 71.6 Å². The number of carbonyl (C=O) groups excluding carboxylic acids is 2. The first kappa shape index (κ1) is 40.9. The fourth-order valence-corrected chi connectivity index (χ4v) is 9.17. The van der Waals surface area contributed by atoms with Crippen LogP contribution in [0.2, 0.25) is 0 Å². The number of benzene rings is 3. The van der Waals surface area contributed by atoms with Crippen LogP contribution < -0.4 is 40.5 Å². The number of ether oxygens (including phenoxy) is 2. The number of aromatic nitrogens is 4. The third-order valence-electron chi connectivity index (χ3n) is 10.5. The maximum Gasteiger partial charge on any atom is 0.328 e. The van der Waals surface area contributed by atoms with Crippen LogP contribution in [0.4, 0.5) is 39.3 Å². The maximum atomic E-state index is 13.5. The van der Waals surface area contributed by atoms with Gasteiger partial charge in [0.25, 0.3) is 0 Å². The van der Waals surface area contributed by atoms with Crippen molar-refractivity contribution in [3.05, 3.63) is 77.2 Å². The summed E-state index contributed by atoms with van der Waals surface area (Å²) >= 11 is 3.58. The molecule has 2 saturated heterocycles. The van der Waals surface area contributed by atoms with E-state index in [0.717, 1.165) is 67.3 Å². The van der Waals surface area contributed by atoms with Gasteiger partial charge in [-0.3, -0.25) is 25.0 Å². The van der Waals surface area contributed by atoms with Crippen molar-refractivity contribution in [2.24, 2.45) is 0 Å². The molecule has 2 aliphatic heterocycles. The molecule has 0 bridgehead atoms. The molecule has 2 aliphatic rings. The number of nitrogens with one attached hydrogen (secondary N) is 3. The summed E-state index contributed by atoms with van der Waals surface area (Å²) in [6.07, 6.45) is 8.15. The lowest BCUT2D eigenvalue weighted by Gasteiger charge is -2.38. The van der Waals surface area contributed by atoms with E-state index < -0.39 is 13.2 Å². The quantitative estimate of drug-likeness (QED) is 0.0768. The minimum absolute atomic E-state index is 0.247. The van der Waals surface area contributed by atoms with Gasteiger partial charge in [0.1, 0.15) is 30.0 Å². The fourth-order valence-electron chi connectivity index (χ4n) is 7.48. The molecule has 0 saturated carbocycles. The van der Waals surface area contributed by atoms with Crippen molar-refractivity contribution >= 4 is 85.9 Å². The molecule has 0 radical (unpaired) electrons. The Balaban J connectivity index is 0.930. The SMILES string of the molecule is COc1cc(N2CCC(N(C)CCCOc3ccc(N4CCC(=O)NC4=O)cc3)CC2)c(C)cc1Nc1ncc(Br)c(Nc2ccc3nccnc3c2P(C)(C)=O)n1. The number of hydrogen-bond donors (Lipinski definition) is 3. The van der Waals surface area contributed by atoms with Crippen LogP contribution in [-0.4, -0.2) is 103 Å². The Kier molecular flexibility index (Phi) is 12.5. The summed E-state index contributed by atoms with van der Waals surface area (Å²) in [6, 6.07) is 15.3. The average molecular weight is 872 g/mol. The molecule has 15 nitrogen and oxygen atoms in total. The highest BCUT2D eigenvalue weighted by atomic mass is 79.9. The largest absolute Gasteiger partial charge is 0.494 e. The van der Waals surface area contributed by atoms with Gasteiger partial charge < -0.3 is 34.5 Å². The van der Waals surface area contributed by atoms with Gasteiger partial charge in [0.2, 0.25) is 11.9 Å². The molecule has 3 N–H and O–H groups in total. The van der Waals surface area contributed by atoms with E-state index in [1.54, 1.807) is 43.9 Å². The van der Waals surface area contributed by atoms with Gasteiger partial charge >= 0.3 is 6.03 Å². The molecule has 0 aliphatic carbocycles. The Hall–Kier alpha value is -5.31. The highest BCUT2D eigenvalue weighted by Gasteiger charge is 2.26. The first-order chi connectivity index (χ1) is 27.9. The molecule has 3 amide bonds. The van der Waals surface area contributed by atoms with Gasteiger partial charge in [0, 0.05) is 74.7 Å². The molecule has 304 valence electrons. The number of methoxy groups -OCH3 is 1. The lowest BCUT2D eigenvalue weighted by atomic mass is 10.0. The molecule has 17 heteroatoms. The van der Waals surface area contributed by atoms with Crippen molar-refractivity contribution in [2.45, 2.75) is 38.6 Å². The van der Waals surface area contributed by atoms with Gasteiger partial charge in [-0.25, -0.2) is 9.78 Å². The molecule has 4 heterocycles. The second-order valence-corrected chi connectivity index (χ2v) is 18.9. The molecule has 7 rings (SSSR count). The summed E-state index contributed by atoms with van der Waals surface area (Å²) < 4.78 is 26.0. The lowest BCUT2D eigenvalue weighted by Crippen LogP contribution is -2.49. The van der Waals surface area contributed by atoms with E-state index in [4.69, 9.17) is 14.5 Å². The normalized spacial score (nSPS) is 15.2. The molecule has 3 aromatic carbocycles. The van der Waals surface area contributed by atoms with Crippen LogP contribution in [0.3, 0.4) is 0 Å². The summed E-state index contributed by atoms with van der Waals surface area (Å²) in [5.74, 6) is 2.05. The van der Waals surface area contributed by atoms with Crippen molar-refractivity contribution < 1.29 is 23.6 Å². The summed E-state index contributed by atoms with van der Waals surface area (Å²) in [4.78, 5) is 48.2. The average Bonchev–Trinajstić information content (AvgIpc) is 3.20. The molecule has 58 heavy (non-hydrogen) atoms. The number of amides is 3. The zero-order valence-corrected chi connectivity index (χ0v) is 35.8. The number of anilines is 6. The number of urea groups is 1. The zero-order chi connectivity index (χ0) is 41.0. The number of rotatable bonds is 14. The Bertz CT molecular complexity index is 2350. The minimum Gasteiger partial charge on any atom is -0.494 e. The monoisotopic (exact) mass is 870 g/mol. The molecule has 0 spiro atoms. The smallest absolute Gasteiger partial charge is 0.328 e. The fraction of sp³-hybridized carbons (Fsp3) is 0.366. The van der Waals surface area contributed by atoms with Crippen molar-refractivity contribution in [1.29, 1.82) is 0 Å². The van der Waals surface area contributed by atoms with Crippen molar-refractivity contribution in [3.8, 4) is 11.5 Å². The topological polar surface area (TPSA) is 167 Å². The molecule has 2 fully saturated rings. The number of nitrogens with zero attached hydrogens (tertiary/aromatic N) is 7. The lowest BCUT2D eigenvalue weighted by molar-refractivity contribution is -0.120. The highest BCUT2D eigenvalue weighted by Crippen LogP contribution is 2.42. The third kappa shape index (κ3) is 9.35. The molecule has 0 unspecified atom stereocenters. The van der Waals surface area contributed by atoms with Gasteiger partial charge in [-0.2, -0.15) is 4.98 Å². The molecule has 5 aromatic rings. The van der Waals surface area contributed by atoms with E-state index in [9.17, 15) is 14.2 Å². The van der Waals surface area contributed by atoms with Gasteiger partial charge in [-0.1, -0.05) is 0 Å². The maximum absolute atomic E-state index is 13.5.